The normalized spacial score (nSPS) is 10.6. The largest absolute Gasteiger partial charge is 0.469 e. The first-order chi connectivity index (χ1) is 9.11. The Morgan fingerprint density at radius 3 is 3.05 bits per heavy atom. The van der Waals surface area contributed by atoms with Crippen LogP contribution in [0.5, 0.6) is 0 Å². The Hall–Kier alpha value is -2.38. The molecule has 8 nitrogen and oxygen atoms in total. The quantitative estimate of drug-likeness (QED) is 0.748. The molecule has 0 unspecified atom stereocenters. The van der Waals surface area contributed by atoms with Crippen LogP contribution in [0.3, 0.4) is 0 Å². The predicted molar refractivity (Wildman–Crippen MR) is 70.6 cm³/mol. The van der Waals surface area contributed by atoms with E-state index in [1.165, 1.54) is 7.11 Å². The fourth-order valence-electron chi connectivity index (χ4n) is 1.78. The summed E-state index contributed by atoms with van der Waals surface area (Å²) in [7, 11) is 3.25. The smallest absolute Gasteiger partial charge is 0.305 e. The highest BCUT2D eigenvalue weighted by atomic mass is 16.5. The first-order valence-electron chi connectivity index (χ1n) is 5.86. The molecule has 0 aliphatic carbocycles. The topological polar surface area (TPSA) is 110 Å². The number of nitrogen functional groups attached to an aromatic ring is 1. The number of H-pyrrole nitrogens is 1. The molecule has 0 atom stereocenters. The van der Waals surface area contributed by atoms with Gasteiger partial charge >= 0.3 is 5.97 Å². The van der Waals surface area contributed by atoms with Gasteiger partial charge in [0.05, 0.1) is 13.4 Å². The number of anilines is 2. The van der Waals surface area contributed by atoms with Crippen molar-refractivity contribution in [3.63, 3.8) is 0 Å². The van der Waals surface area contributed by atoms with Crippen LogP contribution < -0.4 is 10.6 Å². The summed E-state index contributed by atoms with van der Waals surface area (Å²) in [4.78, 5) is 28.2. The van der Waals surface area contributed by atoms with Gasteiger partial charge in [-0.3, -0.25) is 4.79 Å². The molecular formula is C11H16N6O2. The maximum atomic E-state index is 11.1. The van der Waals surface area contributed by atoms with Gasteiger partial charge < -0.3 is 20.4 Å². The first-order valence-corrected chi connectivity index (χ1v) is 5.86. The molecule has 0 radical (unpaired) electrons. The number of carbonyl (C=O) groups is 1. The molecule has 3 N–H and O–H groups in total. The number of rotatable bonds is 5. The molecule has 2 aromatic heterocycles. The third kappa shape index (κ3) is 2.90. The van der Waals surface area contributed by atoms with Crippen molar-refractivity contribution < 1.29 is 9.53 Å². The van der Waals surface area contributed by atoms with E-state index in [-0.39, 0.29) is 11.9 Å². The second kappa shape index (κ2) is 5.51. The minimum atomic E-state index is -0.220. The van der Waals surface area contributed by atoms with Gasteiger partial charge in [0.15, 0.2) is 11.5 Å². The zero-order valence-electron chi connectivity index (χ0n) is 10.9. The molecule has 0 saturated heterocycles. The van der Waals surface area contributed by atoms with Gasteiger partial charge in [-0.2, -0.15) is 9.97 Å². The number of nitrogens with zero attached hydrogens (tertiary/aromatic N) is 4. The summed E-state index contributed by atoms with van der Waals surface area (Å²) in [6.45, 7) is 0.652. The number of nitrogens with one attached hydrogen (secondary N) is 1. The van der Waals surface area contributed by atoms with Gasteiger partial charge in [-0.05, 0) is 6.42 Å². The Morgan fingerprint density at radius 1 is 1.53 bits per heavy atom. The number of carbonyl (C=O) groups excluding carboxylic acids is 1. The van der Waals surface area contributed by atoms with Gasteiger partial charge in [0.25, 0.3) is 0 Å². The van der Waals surface area contributed by atoms with Crippen LogP contribution in [-0.2, 0) is 9.53 Å². The third-order valence-corrected chi connectivity index (χ3v) is 2.75. The zero-order valence-corrected chi connectivity index (χ0v) is 10.9. The van der Waals surface area contributed by atoms with Crippen molar-refractivity contribution >= 4 is 28.9 Å². The number of esters is 1. The highest BCUT2D eigenvalue weighted by molar-refractivity contribution is 5.84. The summed E-state index contributed by atoms with van der Waals surface area (Å²) in [5.41, 5.74) is 6.90. The fourth-order valence-corrected chi connectivity index (χ4v) is 1.78. The number of aromatic nitrogens is 4. The third-order valence-electron chi connectivity index (χ3n) is 2.75. The lowest BCUT2D eigenvalue weighted by molar-refractivity contribution is -0.140. The van der Waals surface area contributed by atoms with Crippen molar-refractivity contribution in [1.82, 2.24) is 19.9 Å². The Labute approximate surface area is 110 Å². The van der Waals surface area contributed by atoms with Crippen LogP contribution in [0.4, 0.5) is 11.8 Å². The Balaban J connectivity index is 2.10. The molecule has 102 valence electrons. The maximum absolute atomic E-state index is 11.1. The average Bonchev–Trinajstić information content (AvgIpc) is 2.85. The number of ether oxygens (including phenoxy) is 1. The van der Waals surface area contributed by atoms with Crippen LogP contribution in [0.2, 0.25) is 0 Å². The summed E-state index contributed by atoms with van der Waals surface area (Å²) < 4.78 is 4.60. The predicted octanol–water partition coefficient (Wildman–Crippen LogP) is 0.324. The molecule has 0 saturated carbocycles. The SMILES string of the molecule is COC(=O)CCCN(C)c1nc(N)nc2nc[nH]c12. The molecule has 0 fully saturated rings. The molecule has 8 heteroatoms. The summed E-state index contributed by atoms with van der Waals surface area (Å²) in [5.74, 6) is 0.626. The minimum Gasteiger partial charge on any atom is -0.469 e. The zero-order chi connectivity index (χ0) is 13.8. The minimum absolute atomic E-state index is 0.175. The van der Waals surface area contributed by atoms with Gasteiger partial charge in [0, 0.05) is 20.0 Å². The van der Waals surface area contributed by atoms with Crippen molar-refractivity contribution in [3.05, 3.63) is 6.33 Å². The van der Waals surface area contributed by atoms with E-state index in [9.17, 15) is 4.79 Å². The summed E-state index contributed by atoms with van der Waals surface area (Å²) in [5, 5.41) is 0. The number of nitrogens with two attached hydrogens (primary N) is 1. The van der Waals surface area contributed by atoms with E-state index in [1.54, 1.807) is 6.33 Å². The molecule has 0 amide bonds. The lowest BCUT2D eigenvalue weighted by Gasteiger charge is -2.18. The van der Waals surface area contributed by atoms with Gasteiger partial charge in [-0.15, -0.1) is 0 Å². The Bertz CT molecular complexity index is 582. The van der Waals surface area contributed by atoms with Crippen LogP contribution in [0.1, 0.15) is 12.8 Å². The lowest BCUT2D eigenvalue weighted by Crippen LogP contribution is -2.21. The summed E-state index contributed by atoms with van der Waals surface area (Å²) >= 11 is 0. The van der Waals surface area contributed by atoms with Gasteiger partial charge in [-0.25, -0.2) is 4.98 Å². The van der Waals surface area contributed by atoms with E-state index in [2.05, 4.69) is 24.7 Å². The highest BCUT2D eigenvalue weighted by Gasteiger charge is 2.12. The average molecular weight is 264 g/mol. The highest BCUT2D eigenvalue weighted by Crippen LogP contribution is 2.20. The van der Waals surface area contributed by atoms with E-state index in [1.807, 2.05) is 11.9 Å². The first kappa shape index (κ1) is 13.1. The van der Waals surface area contributed by atoms with E-state index in [4.69, 9.17) is 5.73 Å². The second-order valence-corrected chi connectivity index (χ2v) is 4.11. The summed E-state index contributed by atoms with van der Waals surface area (Å²) in [6, 6.07) is 0. The Morgan fingerprint density at radius 2 is 2.32 bits per heavy atom. The van der Waals surface area contributed by atoms with E-state index < -0.39 is 0 Å². The molecule has 2 rings (SSSR count). The van der Waals surface area contributed by atoms with Crippen molar-refractivity contribution in [2.75, 3.05) is 31.3 Å². The second-order valence-electron chi connectivity index (χ2n) is 4.11. The van der Waals surface area contributed by atoms with Crippen molar-refractivity contribution in [3.8, 4) is 0 Å². The van der Waals surface area contributed by atoms with Crippen molar-refractivity contribution in [2.45, 2.75) is 12.8 Å². The van der Waals surface area contributed by atoms with Gasteiger partial charge in [0.1, 0.15) is 5.52 Å². The fraction of sp³-hybridized carbons (Fsp3) is 0.455. The van der Waals surface area contributed by atoms with E-state index >= 15 is 0 Å². The molecule has 2 aromatic rings. The Kier molecular flexibility index (Phi) is 3.79. The van der Waals surface area contributed by atoms with Crippen LogP contribution in [-0.4, -0.2) is 46.6 Å². The maximum Gasteiger partial charge on any atom is 0.305 e. The standard InChI is InChI=1S/C11H16N6O2/c1-17(5-3-4-7(18)19-2)10-8-9(14-6-13-8)15-11(12)16-10/h6H,3-5H2,1-2H3,(H3,12,13,14,15,16). The molecule has 0 spiro atoms. The van der Waals surface area contributed by atoms with Gasteiger partial charge in [-0.1, -0.05) is 0 Å². The number of imidazole rings is 1. The molecule has 0 bridgehead atoms. The number of methoxy groups -OCH3 is 1. The molecular weight excluding hydrogens is 248 g/mol. The monoisotopic (exact) mass is 264 g/mol. The molecule has 0 aliphatic rings. The number of fused-ring (bicyclic) bond motifs is 1. The van der Waals surface area contributed by atoms with Crippen LogP contribution >= 0.6 is 0 Å². The number of hydrogen-bond donors (Lipinski definition) is 2. The van der Waals surface area contributed by atoms with Gasteiger partial charge in [0.2, 0.25) is 5.95 Å². The molecule has 2 heterocycles. The molecule has 19 heavy (non-hydrogen) atoms. The summed E-state index contributed by atoms with van der Waals surface area (Å²) in [6.07, 6.45) is 2.58. The van der Waals surface area contributed by atoms with E-state index in [0.29, 0.717) is 30.9 Å². The molecule has 0 aromatic carbocycles. The van der Waals surface area contributed by atoms with E-state index in [0.717, 1.165) is 5.52 Å². The van der Waals surface area contributed by atoms with Crippen molar-refractivity contribution in [1.29, 1.82) is 0 Å². The lowest BCUT2D eigenvalue weighted by atomic mass is 10.3. The number of aromatic amines is 1. The van der Waals surface area contributed by atoms with Crippen LogP contribution in [0.25, 0.3) is 11.2 Å². The number of hydrogen-bond acceptors (Lipinski definition) is 7. The molecule has 0 aliphatic heterocycles. The van der Waals surface area contributed by atoms with Crippen LogP contribution in [0, 0.1) is 0 Å². The van der Waals surface area contributed by atoms with Crippen LogP contribution in [0.15, 0.2) is 6.33 Å². The van der Waals surface area contributed by atoms with Crippen molar-refractivity contribution in [2.24, 2.45) is 0 Å².